The van der Waals surface area contributed by atoms with Crippen LogP contribution in [0.4, 0.5) is 4.79 Å². The second kappa shape index (κ2) is 6.09. The van der Waals surface area contributed by atoms with E-state index in [1.807, 2.05) is 6.08 Å². The largest absolute Gasteiger partial charge is 0.447 e. The first-order chi connectivity index (χ1) is 6.74. The van der Waals surface area contributed by atoms with Crippen molar-refractivity contribution in [1.29, 1.82) is 0 Å². The van der Waals surface area contributed by atoms with E-state index in [1.165, 1.54) is 0 Å². The molecule has 0 aliphatic heterocycles. The van der Waals surface area contributed by atoms with Gasteiger partial charge in [-0.25, -0.2) is 4.79 Å². The van der Waals surface area contributed by atoms with Crippen LogP contribution in [0.1, 0.15) is 25.7 Å². The number of thioether (sulfide) groups is 1. The molecule has 0 aromatic heterocycles. The number of rotatable bonds is 1. The van der Waals surface area contributed by atoms with E-state index in [1.54, 1.807) is 12.3 Å². The molecule has 3 nitrogen and oxygen atoms in total. The molecule has 1 rings (SSSR count). The highest BCUT2D eigenvalue weighted by molar-refractivity contribution is 8.12. The molecule has 0 aromatic rings. The van der Waals surface area contributed by atoms with Gasteiger partial charge >= 0.3 is 5.30 Å². The van der Waals surface area contributed by atoms with E-state index in [0.29, 0.717) is 6.42 Å². The van der Waals surface area contributed by atoms with E-state index in [0.717, 1.165) is 31.0 Å². The lowest BCUT2D eigenvalue weighted by Gasteiger charge is -2.21. The van der Waals surface area contributed by atoms with Gasteiger partial charge in [-0.2, -0.15) is 0 Å². The van der Waals surface area contributed by atoms with E-state index < -0.39 is 12.2 Å². The fraction of sp³-hybridized carbons (Fsp3) is 0.700. The average Bonchev–Trinajstić information content (AvgIpc) is 2.17. The number of hydrogen-bond acceptors (Lipinski definition) is 4. The highest BCUT2D eigenvalue weighted by Gasteiger charge is 2.20. The Balaban J connectivity index is 2.52. The summed E-state index contributed by atoms with van der Waals surface area (Å²) < 4.78 is 5.08. The van der Waals surface area contributed by atoms with Crippen molar-refractivity contribution in [2.75, 3.05) is 6.26 Å². The van der Waals surface area contributed by atoms with Gasteiger partial charge in [0.1, 0.15) is 6.10 Å². The molecule has 2 unspecified atom stereocenters. The molecule has 1 aliphatic carbocycles. The minimum absolute atomic E-state index is 0.334. The van der Waals surface area contributed by atoms with E-state index in [4.69, 9.17) is 4.74 Å². The van der Waals surface area contributed by atoms with Crippen LogP contribution in [0.3, 0.4) is 0 Å². The lowest BCUT2D eigenvalue weighted by Crippen LogP contribution is -2.29. The van der Waals surface area contributed by atoms with Gasteiger partial charge in [-0.1, -0.05) is 12.5 Å². The van der Waals surface area contributed by atoms with Gasteiger partial charge in [0, 0.05) is 0 Å². The quantitative estimate of drug-likeness (QED) is 0.540. The predicted molar refractivity (Wildman–Crippen MR) is 57.4 cm³/mol. The first kappa shape index (κ1) is 11.6. The van der Waals surface area contributed by atoms with Crippen molar-refractivity contribution in [1.82, 2.24) is 0 Å². The molecule has 1 aliphatic rings. The number of aliphatic hydroxyl groups excluding tert-OH is 1. The molecule has 80 valence electrons. The fourth-order valence-corrected chi connectivity index (χ4v) is 1.62. The lowest BCUT2D eigenvalue weighted by molar-refractivity contribution is 0.0324. The molecule has 0 amide bonds. The van der Waals surface area contributed by atoms with Gasteiger partial charge in [-0.15, -0.1) is 0 Å². The smallest absolute Gasteiger partial charge is 0.367 e. The van der Waals surface area contributed by atoms with Crippen LogP contribution in [0.25, 0.3) is 0 Å². The van der Waals surface area contributed by atoms with Crippen molar-refractivity contribution in [3.05, 3.63) is 12.2 Å². The summed E-state index contributed by atoms with van der Waals surface area (Å²) in [6.07, 6.45) is 8.20. The topological polar surface area (TPSA) is 46.5 Å². The molecule has 4 heteroatoms. The Hall–Kier alpha value is -0.480. The summed E-state index contributed by atoms with van der Waals surface area (Å²) in [6, 6.07) is 0. The standard InChI is InChI=1S/C10H16O3S/c1-14-10(12)13-9-7-5-3-2-4-6-8(9)11/h5,7-9,11H,2-4,6H2,1H3/b7-5+. The molecule has 0 saturated carbocycles. The number of ether oxygens (including phenoxy) is 1. The van der Waals surface area contributed by atoms with Gasteiger partial charge in [0.2, 0.25) is 0 Å². The van der Waals surface area contributed by atoms with Crippen molar-refractivity contribution >= 4 is 17.1 Å². The van der Waals surface area contributed by atoms with Gasteiger partial charge in [-0.05, 0) is 43.4 Å². The number of carbonyl (C=O) groups is 1. The summed E-state index contributed by atoms with van der Waals surface area (Å²) in [5.74, 6) is 0. The number of hydrogen-bond donors (Lipinski definition) is 1. The van der Waals surface area contributed by atoms with Gasteiger partial charge in [0.05, 0.1) is 6.10 Å². The number of allylic oxidation sites excluding steroid dienone is 1. The van der Waals surface area contributed by atoms with E-state index >= 15 is 0 Å². The van der Waals surface area contributed by atoms with Crippen LogP contribution in [0.5, 0.6) is 0 Å². The van der Waals surface area contributed by atoms with Crippen molar-refractivity contribution in [3.8, 4) is 0 Å². The third kappa shape index (κ3) is 3.72. The maximum absolute atomic E-state index is 11.0. The van der Waals surface area contributed by atoms with Crippen LogP contribution in [0.2, 0.25) is 0 Å². The second-order valence-electron chi connectivity index (χ2n) is 3.32. The normalized spacial score (nSPS) is 30.1. The molecule has 0 bridgehead atoms. The Bertz CT molecular complexity index is 215. The van der Waals surface area contributed by atoms with Crippen LogP contribution in [0.15, 0.2) is 12.2 Å². The zero-order valence-corrected chi connectivity index (χ0v) is 9.13. The van der Waals surface area contributed by atoms with Crippen molar-refractivity contribution < 1.29 is 14.6 Å². The SMILES string of the molecule is CSC(=O)OC1/C=C/CCCCC1O. The Morgan fingerprint density at radius 1 is 1.57 bits per heavy atom. The molecule has 0 spiro atoms. The van der Waals surface area contributed by atoms with E-state index in [2.05, 4.69) is 0 Å². The van der Waals surface area contributed by atoms with Gasteiger partial charge in [-0.3, -0.25) is 0 Å². The molecule has 0 fully saturated rings. The zero-order chi connectivity index (χ0) is 10.4. The van der Waals surface area contributed by atoms with Crippen molar-refractivity contribution in [2.45, 2.75) is 37.9 Å². The van der Waals surface area contributed by atoms with Gasteiger partial charge < -0.3 is 9.84 Å². The molecule has 0 aromatic carbocycles. The summed E-state index contributed by atoms with van der Waals surface area (Å²) >= 11 is 1.03. The highest BCUT2D eigenvalue weighted by Crippen LogP contribution is 2.16. The predicted octanol–water partition coefficient (Wildman–Crippen LogP) is 2.35. The summed E-state index contributed by atoms with van der Waals surface area (Å²) in [5.41, 5.74) is 0. The first-order valence-electron chi connectivity index (χ1n) is 4.83. The summed E-state index contributed by atoms with van der Waals surface area (Å²) in [4.78, 5) is 11.0. The molecule has 1 N–H and O–H groups in total. The second-order valence-corrected chi connectivity index (χ2v) is 4.06. The monoisotopic (exact) mass is 216 g/mol. The Morgan fingerprint density at radius 3 is 3.07 bits per heavy atom. The number of carbonyl (C=O) groups excluding carboxylic acids is 1. The summed E-state index contributed by atoms with van der Waals surface area (Å²) in [5, 5.41) is 9.35. The first-order valence-corrected chi connectivity index (χ1v) is 6.06. The lowest BCUT2D eigenvalue weighted by atomic mass is 10.0. The Morgan fingerprint density at radius 2 is 2.36 bits per heavy atom. The van der Waals surface area contributed by atoms with Gasteiger partial charge in [0.15, 0.2) is 0 Å². The van der Waals surface area contributed by atoms with Crippen LogP contribution >= 0.6 is 11.8 Å². The summed E-state index contributed by atoms with van der Waals surface area (Å²) in [6.45, 7) is 0. The van der Waals surface area contributed by atoms with Crippen molar-refractivity contribution in [2.24, 2.45) is 0 Å². The minimum atomic E-state index is -0.553. The minimum Gasteiger partial charge on any atom is -0.447 e. The molecule has 2 atom stereocenters. The average molecular weight is 216 g/mol. The van der Waals surface area contributed by atoms with Crippen molar-refractivity contribution in [3.63, 3.8) is 0 Å². The molecule has 0 radical (unpaired) electrons. The Kier molecular flexibility index (Phi) is 5.04. The third-order valence-electron chi connectivity index (χ3n) is 2.22. The third-order valence-corrected chi connectivity index (χ3v) is 2.65. The zero-order valence-electron chi connectivity index (χ0n) is 8.31. The fourth-order valence-electron chi connectivity index (χ4n) is 1.42. The van der Waals surface area contributed by atoms with Crippen LogP contribution in [0, 0.1) is 0 Å². The Labute approximate surface area is 88.5 Å². The van der Waals surface area contributed by atoms with Crippen LogP contribution in [-0.4, -0.2) is 28.9 Å². The maximum atomic E-state index is 11.0. The highest BCUT2D eigenvalue weighted by atomic mass is 32.2. The summed E-state index contributed by atoms with van der Waals surface area (Å²) in [7, 11) is 0. The number of aliphatic hydroxyl groups is 1. The van der Waals surface area contributed by atoms with Crippen LogP contribution in [-0.2, 0) is 4.74 Å². The molecular formula is C10H16O3S. The molecule has 14 heavy (non-hydrogen) atoms. The maximum Gasteiger partial charge on any atom is 0.367 e. The molecular weight excluding hydrogens is 200 g/mol. The van der Waals surface area contributed by atoms with E-state index in [-0.39, 0.29) is 5.30 Å². The van der Waals surface area contributed by atoms with Gasteiger partial charge in [0.25, 0.3) is 0 Å². The van der Waals surface area contributed by atoms with E-state index in [9.17, 15) is 9.90 Å². The molecule has 0 heterocycles. The molecule has 0 saturated heterocycles. The van der Waals surface area contributed by atoms with Crippen LogP contribution < -0.4 is 0 Å².